The summed E-state index contributed by atoms with van der Waals surface area (Å²) in [5.41, 5.74) is 0. The van der Waals surface area contributed by atoms with Crippen molar-refractivity contribution in [3.8, 4) is 0 Å². The fraction of sp³-hybridized carbons (Fsp3) is 0.778. The highest BCUT2D eigenvalue weighted by molar-refractivity contribution is 5.01. The lowest BCUT2D eigenvalue weighted by Crippen LogP contribution is -2.30. The molecule has 0 aromatic carbocycles. The third-order valence-electron chi connectivity index (χ3n) is 2.30. The van der Waals surface area contributed by atoms with Crippen LogP contribution < -0.4 is 0 Å². The molecular formula is C9H17NO. The summed E-state index contributed by atoms with van der Waals surface area (Å²) >= 11 is 0. The van der Waals surface area contributed by atoms with Crippen LogP contribution in [0.2, 0.25) is 0 Å². The molecule has 0 spiro atoms. The summed E-state index contributed by atoms with van der Waals surface area (Å²) in [5, 5.41) is 0. The van der Waals surface area contributed by atoms with Crippen molar-refractivity contribution in [2.75, 3.05) is 21.2 Å². The molecule has 1 aliphatic carbocycles. The molecule has 0 radical (unpaired) electrons. The number of allylic oxidation sites excluding steroid dienone is 1. The maximum atomic E-state index is 5.21. The lowest BCUT2D eigenvalue weighted by atomic mass is 9.99. The van der Waals surface area contributed by atoms with Gasteiger partial charge in [-0.25, -0.2) is 0 Å². The predicted molar refractivity (Wildman–Crippen MR) is 46.4 cm³/mol. The van der Waals surface area contributed by atoms with E-state index in [-0.39, 0.29) is 0 Å². The van der Waals surface area contributed by atoms with Gasteiger partial charge in [-0.3, -0.25) is 0 Å². The Morgan fingerprint density at radius 2 is 2.27 bits per heavy atom. The predicted octanol–water partition coefficient (Wildman–Crippen LogP) is 1.63. The van der Waals surface area contributed by atoms with Crippen LogP contribution in [0.1, 0.15) is 19.3 Å². The quantitative estimate of drug-likeness (QED) is 0.601. The molecule has 1 aliphatic rings. The third kappa shape index (κ3) is 2.22. The Bertz CT molecular complexity index is 152. The molecule has 0 saturated carbocycles. The van der Waals surface area contributed by atoms with E-state index in [2.05, 4.69) is 25.1 Å². The van der Waals surface area contributed by atoms with Crippen LogP contribution in [0.15, 0.2) is 11.8 Å². The zero-order valence-corrected chi connectivity index (χ0v) is 7.63. The molecule has 1 rings (SSSR count). The number of rotatable bonds is 2. The van der Waals surface area contributed by atoms with Crippen LogP contribution in [-0.2, 0) is 4.74 Å². The molecular weight excluding hydrogens is 138 g/mol. The first-order valence-electron chi connectivity index (χ1n) is 4.13. The highest BCUT2D eigenvalue weighted by Crippen LogP contribution is 2.21. The molecule has 1 atom stereocenters. The molecule has 0 heterocycles. The van der Waals surface area contributed by atoms with E-state index in [0.29, 0.717) is 6.04 Å². The maximum absolute atomic E-state index is 5.21. The van der Waals surface area contributed by atoms with Crippen molar-refractivity contribution in [1.29, 1.82) is 0 Å². The SMILES string of the molecule is COC1=CCC[C@@H](N(C)C)C1. The van der Waals surface area contributed by atoms with Gasteiger partial charge in [0.15, 0.2) is 0 Å². The number of methoxy groups -OCH3 is 1. The second-order valence-corrected chi connectivity index (χ2v) is 3.27. The van der Waals surface area contributed by atoms with Crippen LogP contribution in [0.4, 0.5) is 0 Å². The average Bonchev–Trinajstić information content (AvgIpc) is 2.05. The summed E-state index contributed by atoms with van der Waals surface area (Å²) in [6.07, 6.45) is 5.69. The van der Waals surface area contributed by atoms with E-state index < -0.39 is 0 Å². The van der Waals surface area contributed by atoms with E-state index in [1.54, 1.807) is 7.11 Å². The number of hydrogen-bond donors (Lipinski definition) is 0. The molecule has 2 heteroatoms. The Balaban J connectivity index is 2.46. The van der Waals surface area contributed by atoms with Crippen molar-refractivity contribution in [3.63, 3.8) is 0 Å². The van der Waals surface area contributed by atoms with Crippen LogP contribution >= 0.6 is 0 Å². The fourth-order valence-electron chi connectivity index (χ4n) is 1.46. The van der Waals surface area contributed by atoms with E-state index in [4.69, 9.17) is 4.74 Å². The Morgan fingerprint density at radius 1 is 1.55 bits per heavy atom. The highest BCUT2D eigenvalue weighted by atomic mass is 16.5. The Kier molecular flexibility index (Phi) is 2.94. The minimum absolute atomic E-state index is 0.676. The van der Waals surface area contributed by atoms with Crippen molar-refractivity contribution in [2.45, 2.75) is 25.3 Å². The summed E-state index contributed by atoms with van der Waals surface area (Å²) < 4.78 is 5.21. The van der Waals surface area contributed by atoms with E-state index in [0.717, 1.165) is 18.6 Å². The molecule has 64 valence electrons. The van der Waals surface area contributed by atoms with Gasteiger partial charge >= 0.3 is 0 Å². The van der Waals surface area contributed by atoms with Gasteiger partial charge in [0, 0.05) is 12.5 Å². The zero-order chi connectivity index (χ0) is 8.27. The highest BCUT2D eigenvalue weighted by Gasteiger charge is 2.16. The minimum atomic E-state index is 0.676. The van der Waals surface area contributed by atoms with Gasteiger partial charge in [0.05, 0.1) is 12.9 Å². The summed E-state index contributed by atoms with van der Waals surface area (Å²) in [6, 6.07) is 0.676. The monoisotopic (exact) mass is 155 g/mol. The zero-order valence-electron chi connectivity index (χ0n) is 7.63. The van der Waals surface area contributed by atoms with Crippen LogP contribution in [0, 0.1) is 0 Å². The average molecular weight is 155 g/mol. The van der Waals surface area contributed by atoms with Gasteiger partial charge in [0.2, 0.25) is 0 Å². The van der Waals surface area contributed by atoms with Crippen LogP contribution in [0.3, 0.4) is 0 Å². The minimum Gasteiger partial charge on any atom is -0.501 e. The first-order valence-corrected chi connectivity index (χ1v) is 4.13. The smallest absolute Gasteiger partial charge is 0.0931 e. The molecule has 0 N–H and O–H groups in total. The lowest BCUT2D eigenvalue weighted by molar-refractivity contribution is 0.203. The summed E-state index contributed by atoms with van der Waals surface area (Å²) in [5.74, 6) is 1.15. The molecule has 0 fully saturated rings. The Hall–Kier alpha value is -0.500. The summed E-state index contributed by atoms with van der Waals surface area (Å²) in [6.45, 7) is 0. The first kappa shape index (κ1) is 8.60. The topological polar surface area (TPSA) is 12.5 Å². The Labute approximate surface area is 68.8 Å². The molecule has 0 aromatic heterocycles. The summed E-state index contributed by atoms with van der Waals surface area (Å²) in [7, 11) is 6.01. The van der Waals surface area contributed by atoms with E-state index >= 15 is 0 Å². The van der Waals surface area contributed by atoms with E-state index in [1.807, 2.05) is 0 Å². The number of nitrogens with zero attached hydrogens (tertiary/aromatic N) is 1. The van der Waals surface area contributed by atoms with Crippen LogP contribution in [-0.4, -0.2) is 32.1 Å². The normalized spacial score (nSPS) is 25.1. The van der Waals surface area contributed by atoms with Gasteiger partial charge in [-0.15, -0.1) is 0 Å². The third-order valence-corrected chi connectivity index (χ3v) is 2.30. The fourth-order valence-corrected chi connectivity index (χ4v) is 1.46. The molecule has 2 nitrogen and oxygen atoms in total. The van der Waals surface area contributed by atoms with Crippen molar-refractivity contribution in [2.24, 2.45) is 0 Å². The van der Waals surface area contributed by atoms with Gasteiger partial charge in [-0.2, -0.15) is 0 Å². The molecule has 0 aliphatic heterocycles. The van der Waals surface area contributed by atoms with Crippen molar-refractivity contribution in [1.82, 2.24) is 4.90 Å². The van der Waals surface area contributed by atoms with E-state index in [1.165, 1.54) is 6.42 Å². The molecule has 0 unspecified atom stereocenters. The van der Waals surface area contributed by atoms with Crippen molar-refractivity contribution in [3.05, 3.63) is 11.8 Å². The molecule has 0 aromatic rings. The first-order chi connectivity index (χ1) is 5.24. The van der Waals surface area contributed by atoms with Gasteiger partial charge in [0.1, 0.15) is 0 Å². The van der Waals surface area contributed by atoms with Gasteiger partial charge in [-0.05, 0) is 33.0 Å². The molecule has 0 saturated heterocycles. The van der Waals surface area contributed by atoms with E-state index in [9.17, 15) is 0 Å². The second kappa shape index (κ2) is 3.77. The van der Waals surface area contributed by atoms with Crippen molar-refractivity contribution >= 4 is 0 Å². The number of ether oxygens (including phenoxy) is 1. The molecule has 0 amide bonds. The standard InChI is InChI=1S/C9H17NO/c1-10(2)8-5-4-6-9(7-8)11-3/h6,8H,4-5,7H2,1-3H3/t8-/m1/s1. The molecule has 0 bridgehead atoms. The van der Waals surface area contributed by atoms with Crippen LogP contribution in [0.25, 0.3) is 0 Å². The summed E-state index contributed by atoms with van der Waals surface area (Å²) in [4.78, 5) is 2.27. The number of hydrogen-bond acceptors (Lipinski definition) is 2. The van der Waals surface area contributed by atoms with Crippen molar-refractivity contribution < 1.29 is 4.74 Å². The molecule has 11 heavy (non-hydrogen) atoms. The largest absolute Gasteiger partial charge is 0.501 e. The lowest BCUT2D eigenvalue weighted by Gasteiger charge is -2.27. The Morgan fingerprint density at radius 3 is 2.82 bits per heavy atom. The second-order valence-electron chi connectivity index (χ2n) is 3.27. The van der Waals surface area contributed by atoms with Gasteiger partial charge in [-0.1, -0.05) is 0 Å². The van der Waals surface area contributed by atoms with Gasteiger partial charge in [0.25, 0.3) is 0 Å². The van der Waals surface area contributed by atoms with Crippen LogP contribution in [0.5, 0.6) is 0 Å². The maximum Gasteiger partial charge on any atom is 0.0931 e. The van der Waals surface area contributed by atoms with Gasteiger partial charge < -0.3 is 9.64 Å².